The van der Waals surface area contributed by atoms with Gasteiger partial charge in [0, 0.05) is 31.0 Å². The number of furan rings is 1. The Kier molecular flexibility index (Phi) is 9.29. The second-order valence-corrected chi connectivity index (χ2v) is 6.71. The number of thioether (sulfide) groups is 1. The van der Waals surface area contributed by atoms with E-state index in [0.29, 0.717) is 6.54 Å². The molecule has 2 aromatic rings. The van der Waals surface area contributed by atoms with E-state index in [2.05, 4.69) is 22.2 Å². The molecule has 0 aliphatic heterocycles. The molecular weight excluding hydrogens is 346 g/mol. The summed E-state index contributed by atoms with van der Waals surface area (Å²) in [6.45, 7) is 5.97. The number of guanidine groups is 1. The molecule has 0 saturated heterocycles. The quantitative estimate of drug-likeness (QED) is 0.273. The Balaban J connectivity index is 1.85. The van der Waals surface area contributed by atoms with Crippen LogP contribution in [0.15, 0.2) is 64.7 Å². The van der Waals surface area contributed by atoms with Crippen LogP contribution < -0.4 is 15.4 Å². The first-order valence-corrected chi connectivity index (χ1v) is 9.83. The van der Waals surface area contributed by atoms with Gasteiger partial charge in [0.05, 0.1) is 19.9 Å². The zero-order valence-electron chi connectivity index (χ0n) is 15.2. The van der Waals surface area contributed by atoms with Gasteiger partial charge in [0.2, 0.25) is 0 Å². The van der Waals surface area contributed by atoms with E-state index in [-0.39, 0.29) is 0 Å². The standard InChI is InChI=1S/C20H27N3O2S/c1-3-14-26-15-12-22-20(21-11-10-19-5-4-13-25-19)23-16-17-6-8-18(24-2)9-7-17/h3-9,13H,1,10-12,14-16H2,2H3,(H2,21,22,23). The van der Waals surface area contributed by atoms with Gasteiger partial charge in [-0.3, -0.25) is 0 Å². The zero-order chi connectivity index (χ0) is 18.5. The third kappa shape index (κ3) is 7.70. The number of ether oxygens (including phenoxy) is 1. The fourth-order valence-corrected chi connectivity index (χ4v) is 2.82. The predicted octanol–water partition coefficient (Wildman–Crippen LogP) is 3.49. The van der Waals surface area contributed by atoms with Gasteiger partial charge in [-0.05, 0) is 29.8 Å². The van der Waals surface area contributed by atoms with Crippen LogP contribution in [0.3, 0.4) is 0 Å². The topological polar surface area (TPSA) is 58.8 Å². The number of nitrogens with zero attached hydrogens (tertiary/aromatic N) is 1. The number of hydrogen-bond acceptors (Lipinski definition) is 4. The predicted molar refractivity (Wildman–Crippen MR) is 110 cm³/mol. The fraction of sp³-hybridized carbons (Fsp3) is 0.350. The molecule has 0 amide bonds. The molecule has 0 bridgehead atoms. The van der Waals surface area contributed by atoms with Gasteiger partial charge in [0.15, 0.2) is 5.96 Å². The highest BCUT2D eigenvalue weighted by Crippen LogP contribution is 2.11. The van der Waals surface area contributed by atoms with E-state index >= 15 is 0 Å². The normalized spacial score (nSPS) is 11.2. The molecule has 26 heavy (non-hydrogen) atoms. The van der Waals surface area contributed by atoms with Gasteiger partial charge in [-0.15, -0.1) is 6.58 Å². The van der Waals surface area contributed by atoms with Crippen molar-refractivity contribution >= 4 is 17.7 Å². The maximum absolute atomic E-state index is 5.37. The molecular formula is C20H27N3O2S. The van der Waals surface area contributed by atoms with Gasteiger partial charge < -0.3 is 19.8 Å². The van der Waals surface area contributed by atoms with Gasteiger partial charge in [-0.2, -0.15) is 11.8 Å². The molecule has 0 aliphatic rings. The summed E-state index contributed by atoms with van der Waals surface area (Å²) in [4.78, 5) is 4.68. The molecule has 5 nitrogen and oxygen atoms in total. The smallest absolute Gasteiger partial charge is 0.191 e. The molecule has 140 valence electrons. The van der Waals surface area contributed by atoms with Crippen molar-refractivity contribution in [1.82, 2.24) is 10.6 Å². The molecule has 1 aromatic carbocycles. The molecule has 0 atom stereocenters. The van der Waals surface area contributed by atoms with Crippen molar-refractivity contribution in [1.29, 1.82) is 0 Å². The molecule has 6 heteroatoms. The summed E-state index contributed by atoms with van der Waals surface area (Å²) in [5.74, 6) is 4.60. The largest absolute Gasteiger partial charge is 0.497 e. The third-order valence-corrected chi connectivity index (χ3v) is 4.56. The minimum atomic E-state index is 0.611. The number of methoxy groups -OCH3 is 1. The lowest BCUT2D eigenvalue weighted by Gasteiger charge is -2.12. The number of hydrogen-bond donors (Lipinski definition) is 2. The molecule has 0 unspecified atom stereocenters. The van der Waals surface area contributed by atoms with Crippen LogP contribution in [-0.2, 0) is 13.0 Å². The molecule has 2 rings (SSSR count). The van der Waals surface area contributed by atoms with E-state index in [0.717, 1.165) is 54.0 Å². The molecule has 0 spiro atoms. The Morgan fingerprint density at radius 2 is 2.04 bits per heavy atom. The second-order valence-electron chi connectivity index (χ2n) is 5.56. The lowest BCUT2D eigenvalue weighted by atomic mass is 10.2. The molecule has 0 saturated carbocycles. The molecule has 0 radical (unpaired) electrons. The summed E-state index contributed by atoms with van der Waals surface area (Å²) in [7, 11) is 1.67. The van der Waals surface area contributed by atoms with Crippen LogP contribution in [0.1, 0.15) is 11.3 Å². The zero-order valence-corrected chi connectivity index (χ0v) is 16.1. The Morgan fingerprint density at radius 3 is 2.73 bits per heavy atom. The van der Waals surface area contributed by atoms with Crippen molar-refractivity contribution in [3.8, 4) is 5.75 Å². The summed E-state index contributed by atoms with van der Waals surface area (Å²) in [6, 6.07) is 11.9. The Hall–Kier alpha value is -2.34. The van der Waals surface area contributed by atoms with Crippen molar-refractivity contribution in [2.75, 3.05) is 31.7 Å². The van der Waals surface area contributed by atoms with Crippen LogP contribution in [0.4, 0.5) is 0 Å². The number of rotatable bonds is 11. The van der Waals surface area contributed by atoms with Crippen molar-refractivity contribution in [2.45, 2.75) is 13.0 Å². The highest BCUT2D eigenvalue weighted by Gasteiger charge is 2.01. The molecule has 0 fully saturated rings. The highest BCUT2D eigenvalue weighted by molar-refractivity contribution is 7.99. The van der Waals surface area contributed by atoms with E-state index in [1.165, 1.54) is 0 Å². The fourth-order valence-electron chi connectivity index (χ4n) is 2.24. The van der Waals surface area contributed by atoms with E-state index in [1.54, 1.807) is 13.4 Å². The van der Waals surface area contributed by atoms with Gasteiger partial charge >= 0.3 is 0 Å². The van der Waals surface area contributed by atoms with Gasteiger partial charge in [0.25, 0.3) is 0 Å². The Bertz CT molecular complexity index is 654. The summed E-state index contributed by atoms with van der Waals surface area (Å²) in [5, 5.41) is 6.75. The summed E-state index contributed by atoms with van der Waals surface area (Å²) in [6.07, 6.45) is 4.44. The minimum absolute atomic E-state index is 0.611. The van der Waals surface area contributed by atoms with Gasteiger partial charge in [0.1, 0.15) is 11.5 Å². The minimum Gasteiger partial charge on any atom is -0.497 e. The van der Waals surface area contributed by atoms with Crippen LogP contribution in [0.2, 0.25) is 0 Å². The first-order chi connectivity index (χ1) is 12.8. The summed E-state index contributed by atoms with van der Waals surface area (Å²) in [5.41, 5.74) is 1.14. The van der Waals surface area contributed by atoms with Gasteiger partial charge in [-0.1, -0.05) is 18.2 Å². The third-order valence-electron chi connectivity index (χ3n) is 3.60. The average molecular weight is 374 g/mol. The average Bonchev–Trinajstić information content (AvgIpc) is 3.19. The molecule has 1 heterocycles. The molecule has 1 aromatic heterocycles. The van der Waals surface area contributed by atoms with E-state index in [4.69, 9.17) is 9.15 Å². The lowest BCUT2D eigenvalue weighted by Crippen LogP contribution is -2.39. The lowest BCUT2D eigenvalue weighted by molar-refractivity contribution is 0.414. The van der Waals surface area contributed by atoms with Crippen molar-refractivity contribution in [2.24, 2.45) is 4.99 Å². The van der Waals surface area contributed by atoms with Crippen molar-refractivity contribution in [3.05, 3.63) is 66.6 Å². The monoisotopic (exact) mass is 373 g/mol. The van der Waals surface area contributed by atoms with E-state index < -0.39 is 0 Å². The van der Waals surface area contributed by atoms with Gasteiger partial charge in [-0.25, -0.2) is 4.99 Å². The summed E-state index contributed by atoms with van der Waals surface area (Å²) < 4.78 is 10.6. The van der Waals surface area contributed by atoms with Crippen LogP contribution in [0, 0.1) is 0 Å². The first-order valence-electron chi connectivity index (χ1n) is 8.68. The number of nitrogens with one attached hydrogen (secondary N) is 2. The first kappa shape index (κ1) is 20.0. The van der Waals surface area contributed by atoms with Crippen LogP contribution in [0.25, 0.3) is 0 Å². The van der Waals surface area contributed by atoms with Crippen LogP contribution in [-0.4, -0.2) is 37.7 Å². The molecule has 2 N–H and O–H groups in total. The van der Waals surface area contributed by atoms with E-state index in [1.807, 2.05) is 54.2 Å². The summed E-state index contributed by atoms with van der Waals surface area (Å²) >= 11 is 1.84. The maximum atomic E-state index is 5.37. The SMILES string of the molecule is C=CCSCCNC(=NCc1ccc(OC)cc1)NCCc1ccco1. The second kappa shape index (κ2) is 12.1. The molecule has 0 aliphatic carbocycles. The van der Waals surface area contributed by atoms with Crippen LogP contribution >= 0.6 is 11.8 Å². The Labute approximate surface area is 159 Å². The Morgan fingerprint density at radius 1 is 1.23 bits per heavy atom. The van der Waals surface area contributed by atoms with Crippen molar-refractivity contribution < 1.29 is 9.15 Å². The van der Waals surface area contributed by atoms with E-state index in [9.17, 15) is 0 Å². The number of benzene rings is 1. The maximum Gasteiger partial charge on any atom is 0.191 e. The van der Waals surface area contributed by atoms with Crippen LogP contribution in [0.5, 0.6) is 5.75 Å². The van der Waals surface area contributed by atoms with Crippen molar-refractivity contribution in [3.63, 3.8) is 0 Å². The number of aliphatic imine (C=N–C) groups is 1. The highest BCUT2D eigenvalue weighted by atomic mass is 32.2.